The van der Waals surface area contributed by atoms with Crippen molar-refractivity contribution in [2.75, 3.05) is 20.6 Å². The van der Waals surface area contributed by atoms with Gasteiger partial charge in [-0.2, -0.15) is 0 Å². The number of guanidine groups is 1. The zero-order valence-corrected chi connectivity index (χ0v) is 7.54. The fraction of sp³-hybridized carbons (Fsp3) is 0.875. The minimum atomic E-state index is 0.643. The second kappa shape index (κ2) is 3.11. The van der Waals surface area contributed by atoms with E-state index in [-0.39, 0.29) is 0 Å². The van der Waals surface area contributed by atoms with E-state index in [1.54, 1.807) is 0 Å². The fourth-order valence-corrected chi connectivity index (χ4v) is 1.01. The summed E-state index contributed by atoms with van der Waals surface area (Å²) in [5.41, 5.74) is 5.61. The van der Waals surface area contributed by atoms with Gasteiger partial charge in [0, 0.05) is 20.6 Å². The number of hydrogen-bond acceptors (Lipinski definition) is 1. The molecule has 0 bridgehead atoms. The molecule has 0 radical (unpaired) electrons. The van der Waals surface area contributed by atoms with Gasteiger partial charge in [-0.05, 0) is 18.3 Å². The molecular formula is C8H17N3. The molecule has 0 spiro atoms. The Balaban J connectivity index is 2.23. The third-order valence-corrected chi connectivity index (χ3v) is 2.22. The summed E-state index contributed by atoms with van der Waals surface area (Å²) in [5, 5.41) is 0. The lowest BCUT2D eigenvalue weighted by Crippen LogP contribution is -2.30. The molecule has 3 nitrogen and oxygen atoms in total. The molecule has 11 heavy (non-hydrogen) atoms. The lowest BCUT2D eigenvalue weighted by Gasteiger charge is -2.09. The molecule has 1 aliphatic carbocycles. The first-order chi connectivity index (χ1) is 5.11. The third kappa shape index (κ3) is 2.41. The maximum absolute atomic E-state index is 5.61. The van der Waals surface area contributed by atoms with Gasteiger partial charge in [-0.1, -0.05) is 6.92 Å². The molecule has 1 saturated carbocycles. The van der Waals surface area contributed by atoms with Gasteiger partial charge in [-0.15, -0.1) is 0 Å². The average Bonchev–Trinajstić information content (AvgIpc) is 2.61. The Kier molecular flexibility index (Phi) is 2.37. The van der Waals surface area contributed by atoms with E-state index in [1.807, 2.05) is 19.0 Å². The van der Waals surface area contributed by atoms with Crippen LogP contribution in [0.15, 0.2) is 4.99 Å². The molecular weight excluding hydrogens is 138 g/mol. The van der Waals surface area contributed by atoms with E-state index in [9.17, 15) is 0 Å². The Morgan fingerprint density at radius 1 is 1.64 bits per heavy atom. The first-order valence-electron chi connectivity index (χ1n) is 4.08. The smallest absolute Gasteiger partial charge is 0.190 e. The number of rotatable bonds is 2. The highest BCUT2D eigenvalue weighted by Crippen LogP contribution is 2.37. The maximum atomic E-state index is 5.61. The van der Waals surface area contributed by atoms with Gasteiger partial charge in [0.1, 0.15) is 0 Å². The van der Waals surface area contributed by atoms with Crippen molar-refractivity contribution in [2.45, 2.75) is 13.3 Å². The van der Waals surface area contributed by atoms with E-state index in [2.05, 4.69) is 11.9 Å². The Morgan fingerprint density at radius 2 is 2.18 bits per heavy atom. The van der Waals surface area contributed by atoms with Gasteiger partial charge in [0.2, 0.25) is 0 Å². The van der Waals surface area contributed by atoms with Crippen molar-refractivity contribution < 1.29 is 0 Å². The molecule has 0 aromatic rings. The van der Waals surface area contributed by atoms with Gasteiger partial charge in [-0.3, -0.25) is 4.99 Å². The minimum absolute atomic E-state index is 0.643. The van der Waals surface area contributed by atoms with Crippen molar-refractivity contribution >= 4 is 5.96 Å². The van der Waals surface area contributed by atoms with Crippen LogP contribution in [0.25, 0.3) is 0 Å². The predicted octanol–water partition coefficient (Wildman–Crippen LogP) is 0.519. The van der Waals surface area contributed by atoms with Crippen molar-refractivity contribution in [1.82, 2.24) is 4.90 Å². The van der Waals surface area contributed by atoms with Gasteiger partial charge in [-0.25, -0.2) is 0 Å². The van der Waals surface area contributed by atoms with E-state index in [1.165, 1.54) is 6.42 Å². The lowest BCUT2D eigenvalue weighted by atomic mass is 10.3. The van der Waals surface area contributed by atoms with E-state index >= 15 is 0 Å². The molecule has 1 fully saturated rings. The molecule has 3 heteroatoms. The van der Waals surface area contributed by atoms with Crippen molar-refractivity contribution in [2.24, 2.45) is 22.6 Å². The summed E-state index contributed by atoms with van der Waals surface area (Å²) in [7, 11) is 3.82. The van der Waals surface area contributed by atoms with Gasteiger partial charge in [0.15, 0.2) is 5.96 Å². The van der Waals surface area contributed by atoms with Gasteiger partial charge < -0.3 is 10.6 Å². The quantitative estimate of drug-likeness (QED) is 0.466. The fourth-order valence-electron chi connectivity index (χ4n) is 1.01. The van der Waals surface area contributed by atoms with Crippen LogP contribution in [-0.2, 0) is 0 Å². The van der Waals surface area contributed by atoms with Gasteiger partial charge in [0.25, 0.3) is 0 Å². The standard InChI is InChI=1S/C8H17N3/c1-6-4-7(6)5-10-8(9)11(2)3/h6-7H,4-5H2,1-3H3,(H2,9,10). The van der Waals surface area contributed by atoms with E-state index in [0.29, 0.717) is 5.96 Å². The largest absolute Gasteiger partial charge is 0.370 e. The molecule has 2 atom stereocenters. The molecule has 1 rings (SSSR count). The Bertz CT molecular complexity index is 163. The number of hydrogen-bond donors (Lipinski definition) is 1. The number of aliphatic imine (C=N–C) groups is 1. The van der Waals surface area contributed by atoms with E-state index in [4.69, 9.17) is 5.73 Å². The summed E-state index contributed by atoms with van der Waals surface area (Å²) < 4.78 is 0. The van der Waals surface area contributed by atoms with Crippen LogP contribution in [0.3, 0.4) is 0 Å². The number of nitrogens with two attached hydrogens (primary N) is 1. The summed E-state index contributed by atoms with van der Waals surface area (Å²) in [6, 6.07) is 0. The average molecular weight is 155 g/mol. The maximum Gasteiger partial charge on any atom is 0.190 e. The molecule has 0 aromatic heterocycles. The summed E-state index contributed by atoms with van der Waals surface area (Å²) in [6.07, 6.45) is 1.32. The second-order valence-electron chi connectivity index (χ2n) is 3.57. The molecule has 64 valence electrons. The summed E-state index contributed by atoms with van der Waals surface area (Å²) in [4.78, 5) is 6.10. The van der Waals surface area contributed by atoms with Crippen LogP contribution in [0.1, 0.15) is 13.3 Å². The van der Waals surface area contributed by atoms with Crippen LogP contribution < -0.4 is 5.73 Å². The zero-order valence-electron chi connectivity index (χ0n) is 7.54. The van der Waals surface area contributed by atoms with Crippen molar-refractivity contribution in [3.05, 3.63) is 0 Å². The molecule has 2 N–H and O–H groups in total. The van der Waals surface area contributed by atoms with Crippen molar-refractivity contribution in [3.8, 4) is 0 Å². The Labute approximate surface area is 68.3 Å². The molecule has 2 unspecified atom stereocenters. The van der Waals surface area contributed by atoms with E-state index < -0.39 is 0 Å². The third-order valence-electron chi connectivity index (χ3n) is 2.22. The normalized spacial score (nSPS) is 30.3. The van der Waals surface area contributed by atoms with Crippen LogP contribution in [0.2, 0.25) is 0 Å². The topological polar surface area (TPSA) is 41.6 Å². The molecule has 0 aromatic carbocycles. The molecule has 0 saturated heterocycles. The molecule has 1 aliphatic rings. The SMILES string of the molecule is CC1CC1CN=C(N)N(C)C. The highest BCUT2D eigenvalue weighted by atomic mass is 15.2. The molecule has 0 amide bonds. The summed E-state index contributed by atoms with van der Waals surface area (Å²) in [5.74, 6) is 2.31. The van der Waals surface area contributed by atoms with Gasteiger partial charge >= 0.3 is 0 Å². The van der Waals surface area contributed by atoms with Crippen LogP contribution in [0.5, 0.6) is 0 Å². The van der Waals surface area contributed by atoms with Crippen LogP contribution in [-0.4, -0.2) is 31.5 Å². The van der Waals surface area contributed by atoms with Crippen LogP contribution in [0, 0.1) is 11.8 Å². The van der Waals surface area contributed by atoms with E-state index in [0.717, 1.165) is 18.4 Å². The monoisotopic (exact) mass is 155 g/mol. The Hall–Kier alpha value is -0.730. The zero-order chi connectivity index (χ0) is 8.43. The highest BCUT2D eigenvalue weighted by Gasteiger charge is 2.31. The molecule has 0 heterocycles. The van der Waals surface area contributed by atoms with Crippen LogP contribution in [0.4, 0.5) is 0 Å². The van der Waals surface area contributed by atoms with Crippen LogP contribution >= 0.6 is 0 Å². The second-order valence-corrected chi connectivity index (χ2v) is 3.57. The summed E-state index contributed by atoms with van der Waals surface area (Å²) >= 11 is 0. The lowest BCUT2D eigenvalue weighted by molar-refractivity contribution is 0.604. The van der Waals surface area contributed by atoms with Crippen molar-refractivity contribution in [3.63, 3.8) is 0 Å². The summed E-state index contributed by atoms with van der Waals surface area (Å²) in [6.45, 7) is 3.16. The van der Waals surface area contributed by atoms with Gasteiger partial charge in [0.05, 0.1) is 0 Å². The minimum Gasteiger partial charge on any atom is -0.370 e. The predicted molar refractivity (Wildman–Crippen MR) is 47.4 cm³/mol. The Morgan fingerprint density at radius 3 is 2.55 bits per heavy atom. The first kappa shape index (κ1) is 8.37. The number of nitrogens with zero attached hydrogens (tertiary/aromatic N) is 2. The van der Waals surface area contributed by atoms with Crippen molar-refractivity contribution in [1.29, 1.82) is 0 Å². The highest BCUT2D eigenvalue weighted by molar-refractivity contribution is 5.77. The first-order valence-corrected chi connectivity index (χ1v) is 4.08. The molecule has 0 aliphatic heterocycles.